The van der Waals surface area contributed by atoms with E-state index in [4.69, 9.17) is 33.2 Å². The molecule has 0 aliphatic heterocycles. The predicted molar refractivity (Wildman–Crippen MR) is 133 cm³/mol. The quantitative estimate of drug-likeness (QED) is 0.113. The second kappa shape index (κ2) is 23.1. The van der Waals surface area contributed by atoms with Gasteiger partial charge in [-0.05, 0) is 25.7 Å². The van der Waals surface area contributed by atoms with Gasteiger partial charge in [-0.15, -0.1) is 0 Å². The van der Waals surface area contributed by atoms with Crippen LogP contribution in [0.5, 0.6) is 0 Å². The summed E-state index contributed by atoms with van der Waals surface area (Å²) in [4.78, 5) is 43.3. The average molecular weight is 527 g/mol. The van der Waals surface area contributed by atoms with Gasteiger partial charge in [0.25, 0.3) is 0 Å². The summed E-state index contributed by atoms with van der Waals surface area (Å²) >= 11 is 0. The van der Waals surface area contributed by atoms with Crippen molar-refractivity contribution in [3.05, 3.63) is 50.6 Å². The fourth-order valence-corrected chi connectivity index (χ4v) is 2.75. The van der Waals surface area contributed by atoms with E-state index in [1.807, 2.05) is 0 Å². The van der Waals surface area contributed by atoms with Crippen LogP contribution in [0.2, 0.25) is 0 Å². The number of esters is 4. The second-order valence-electron chi connectivity index (χ2n) is 7.26. The normalized spacial score (nSPS) is 16.1. The van der Waals surface area contributed by atoms with Crippen molar-refractivity contribution in [2.45, 2.75) is 37.9 Å². The monoisotopic (exact) mass is 526 g/mol. The van der Waals surface area contributed by atoms with Crippen molar-refractivity contribution in [3.8, 4) is 0 Å². The maximum atomic E-state index is 10.9. The Labute approximate surface area is 218 Å². The van der Waals surface area contributed by atoms with Crippen LogP contribution in [-0.2, 0) is 52.3 Å². The minimum absolute atomic E-state index is 0.0795. The Bertz CT molecular complexity index is 664. The topological polar surface area (TPSA) is 133 Å². The highest BCUT2D eigenvalue weighted by Crippen LogP contribution is 2.23. The smallest absolute Gasteiger partial charge is 0.330 e. The molecule has 37 heavy (non-hydrogen) atoms. The van der Waals surface area contributed by atoms with Crippen molar-refractivity contribution in [2.75, 3.05) is 52.9 Å². The summed E-state index contributed by atoms with van der Waals surface area (Å²) in [6.07, 6.45) is 7.22. The molecular formula is C26H38O11. The molecule has 0 radical (unpaired) electrons. The minimum atomic E-state index is -0.467. The van der Waals surface area contributed by atoms with Crippen LogP contribution in [0.25, 0.3) is 0 Å². The molecule has 0 unspecified atom stereocenters. The minimum Gasteiger partial charge on any atom is -0.460 e. The molecule has 0 spiro atoms. The highest BCUT2D eigenvalue weighted by Gasteiger charge is 2.25. The maximum Gasteiger partial charge on any atom is 0.330 e. The van der Waals surface area contributed by atoms with Crippen molar-refractivity contribution >= 4 is 23.9 Å². The van der Waals surface area contributed by atoms with Gasteiger partial charge in [-0.25, -0.2) is 19.2 Å². The molecule has 0 atom stereocenters. The van der Waals surface area contributed by atoms with Gasteiger partial charge >= 0.3 is 23.9 Å². The third-order valence-electron chi connectivity index (χ3n) is 4.54. The molecule has 0 aromatic rings. The van der Waals surface area contributed by atoms with Crippen LogP contribution in [0.15, 0.2) is 50.6 Å². The number of carbonyl (C=O) groups is 4. The van der Waals surface area contributed by atoms with Gasteiger partial charge in [0, 0.05) is 24.3 Å². The molecule has 0 bridgehead atoms. The van der Waals surface area contributed by atoms with Crippen LogP contribution in [-0.4, -0.2) is 88.9 Å². The molecular weight excluding hydrogens is 488 g/mol. The number of carbonyl (C=O) groups excluding carboxylic acids is 4. The molecule has 0 amide bonds. The molecule has 11 nitrogen and oxygen atoms in total. The summed E-state index contributed by atoms with van der Waals surface area (Å²) in [6.45, 7) is 15.9. The summed E-state index contributed by atoms with van der Waals surface area (Å²) in [5.74, 6) is -1.73. The van der Waals surface area contributed by atoms with Gasteiger partial charge in [-0.2, -0.15) is 0 Å². The molecule has 0 heterocycles. The molecule has 0 saturated heterocycles. The molecule has 208 valence electrons. The summed E-state index contributed by atoms with van der Waals surface area (Å²) in [7, 11) is 0. The zero-order chi connectivity index (χ0) is 27.7. The Kier molecular flexibility index (Phi) is 21.1. The molecule has 0 aromatic carbocycles. The first-order valence-electron chi connectivity index (χ1n) is 11.8. The predicted octanol–water partition coefficient (Wildman–Crippen LogP) is 2.25. The largest absolute Gasteiger partial charge is 0.460 e. The summed E-state index contributed by atoms with van der Waals surface area (Å²) in [6, 6.07) is 0. The van der Waals surface area contributed by atoms with Gasteiger partial charge in [-0.1, -0.05) is 26.3 Å². The Morgan fingerprint density at radius 1 is 0.486 bits per heavy atom. The lowest BCUT2D eigenvalue weighted by atomic mass is 9.95. The number of rotatable bonds is 18. The lowest BCUT2D eigenvalue weighted by Crippen LogP contribution is -2.29. The Morgan fingerprint density at radius 3 is 1.03 bits per heavy atom. The first kappa shape index (κ1) is 33.7. The molecule has 1 saturated carbocycles. The lowest BCUT2D eigenvalue weighted by Gasteiger charge is -2.27. The van der Waals surface area contributed by atoms with Crippen molar-refractivity contribution in [2.24, 2.45) is 0 Å². The van der Waals surface area contributed by atoms with Crippen molar-refractivity contribution < 1.29 is 52.3 Å². The molecule has 1 fully saturated rings. The Hall–Kier alpha value is -3.28. The Morgan fingerprint density at radius 2 is 0.757 bits per heavy atom. The van der Waals surface area contributed by atoms with Gasteiger partial charge < -0.3 is 33.2 Å². The highest BCUT2D eigenvalue weighted by atomic mass is 16.6. The van der Waals surface area contributed by atoms with Gasteiger partial charge in [0.15, 0.2) is 0 Å². The van der Waals surface area contributed by atoms with Crippen molar-refractivity contribution in [3.63, 3.8) is 0 Å². The summed E-state index contributed by atoms with van der Waals surface area (Å²) in [5.41, 5.74) is 0. The lowest BCUT2D eigenvalue weighted by molar-refractivity contribution is -0.151. The van der Waals surface area contributed by atoms with Gasteiger partial charge in [0.05, 0.1) is 39.6 Å². The zero-order valence-corrected chi connectivity index (χ0v) is 21.3. The van der Waals surface area contributed by atoms with Crippen LogP contribution in [0.1, 0.15) is 25.7 Å². The van der Waals surface area contributed by atoms with E-state index in [1.54, 1.807) is 0 Å². The second-order valence-corrected chi connectivity index (χ2v) is 7.26. The van der Waals surface area contributed by atoms with Crippen LogP contribution in [0.3, 0.4) is 0 Å². The maximum absolute atomic E-state index is 10.9. The molecule has 0 aromatic heterocycles. The van der Waals surface area contributed by atoms with E-state index in [2.05, 4.69) is 26.3 Å². The van der Waals surface area contributed by atoms with Crippen LogP contribution in [0.4, 0.5) is 0 Å². The highest BCUT2D eigenvalue weighted by molar-refractivity contribution is 5.82. The van der Waals surface area contributed by atoms with E-state index in [0.29, 0.717) is 65.3 Å². The fourth-order valence-electron chi connectivity index (χ4n) is 2.75. The van der Waals surface area contributed by atoms with Gasteiger partial charge in [-0.3, -0.25) is 0 Å². The zero-order valence-electron chi connectivity index (χ0n) is 21.3. The molecule has 11 heteroatoms. The van der Waals surface area contributed by atoms with Crippen molar-refractivity contribution in [1.82, 2.24) is 0 Å². The van der Waals surface area contributed by atoms with Crippen LogP contribution < -0.4 is 0 Å². The van der Waals surface area contributed by atoms with Crippen LogP contribution >= 0.6 is 0 Å². The third kappa shape index (κ3) is 20.6. The summed E-state index contributed by atoms with van der Waals surface area (Å²) in [5, 5.41) is 0. The van der Waals surface area contributed by atoms with E-state index < -0.39 is 23.9 Å². The van der Waals surface area contributed by atoms with E-state index in [1.165, 1.54) is 0 Å². The number of ether oxygens (including phenoxy) is 7. The Balaban J connectivity index is 0.000000724. The molecule has 1 aliphatic rings. The number of hydrogen-bond acceptors (Lipinski definition) is 11. The third-order valence-corrected chi connectivity index (χ3v) is 4.54. The number of hydrogen-bond donors (Lipinski definition) is 0. The standard InChI is InChI=1S/C14H22O7.C12H16O4/c1-3-13(15)20-11-9-18-7-5-17-6-8-19-10-12-21-14(16)4-2;1-3-11(13)15-9-5-7-10(8-6-9)16-12(14)4-2/h3-4H,1-2,5-12H2;3-4,9-10H,1-2,5-8H2. The van der Waals surface area contributed by atoms with Gasteiger partial charge in [0.2, 0.25) is 0 Å². The molecule has 1 aliphatic carbocycles. The van der Waals surface area contributed by atoms with E-state index >= 15 is 0 Å². The molecule has 1 rings (SSSR count). The SMILES string of the molecule is C=CC(=O)OC1CCC(OC(=O)C=C)CC1.C=CC(=O)OCCOCCOCCOCCOC(=O)C=C. The van der Waals surface area contributed by atoms with Gasteiger partial charge in [0.1, 0.15) is 25.4 Å². The van der Waals surface area contributed by atoms with E-state index in [-0.39, 0.29) is 25.4 Å². The van der Waals surface area contributed by atoms with Crippen LogP contribution in [0, 0.1) is 0 Å². The first-order chi connectivity index (χ1) is 17.9. The van der Waals surface area contributed by atoms with Crippen molar-refractivity contribution in [1.29, 1.82) is 0 Å². The fraction of sp³-hybridized carbons (Fsp3) is 0.538. The summed E-state index contributed by atoms with van der Waals surface area (Å²) < 4.78 is 35.2. The average Bonchev–Trinajstić information content (AvgIpc) is 2.92. The first-order valence-corrected chi connectivity index (χ1v) is 11.8. The van der Waals surface area contributed by atoms with E-state index in [9.17, 15) is 19.2 Å². The van der Waals surface area contributed by atoms with E-state index in [0.717, 1.165) is 24.3 Å². The molecule has 0 N–H and O–H groups in total.